The summed E-state index contributed by atoms with van der Waals surface area (Å²) in [6.45, 7) is 1.85. The van der Waals surface area contributed by atoms with Crippen LogP contribution in [0.4, 0.5) is 15.8 Å². The molecule has 0 spiro atoms. The first kappa shape index (κ1) is 21.9. The van der Waals surface area contributed by atoms with Crippen molar-refractivity contribution in [2.24, 2.45) is 0 Å². The van der Waals surface area contributed by atoms with Crippen molar-refractivity contribution in [1.82, 2.24) is 9.47 Å². The van der Waals surface area contributed by atoms with E-state index in [0.717, 1.165) is 29.7 Å². The van der Waals surface area contributed by atoms with Gasteiger partial charge < -0.3 is 20.1 Å². The van der Waals surface area contributed by atoms with Crippen LogP contribution in [0, 0.1) is 5.82 Å². The van der Waals surface area contributed by atoms with Crippen molar-refractivity contribution in [2.75, 3.05) is 42.8 Å². The van der Waals surface area contributed by atoms with Gasteiger partial charge in [0.15, 0.2) is 0 Å². The number of fused-ring (bicyclic) bond motifs is 1. The van der Waals surface area contributed by atoms with Gasteiger partial charge in [0.2, 0.25) is 11.8 Å². The quantitative estimate of drug-likeness (QED) is 0.546. The zero-order valence-electron chi connectivity index (χ0n) is 17.0. The summed E-state index contributed by atoms with van der Waals surface area (Å²) in [6, 6.07) is 13.4. The highest BCUT2D eigenvalue weighted by Crippen LogP contribution is 2.21. The molecule has 0 bridgehead atoms. The maximum Gasteiger partial charge on any atom is 0.234 e. The molecule has 0 fully saturated rings. The molecule has 6 nitrogen and oxygen atoms in total. The molecule has 2 N–H and O–H groups in total. The van der Waals surface area contributed by atoms with Crippen molar-refractivity contribution < 1.29 is 14.0 Å². The van der Waals surface area contributed by atoms with Gasteiger partial charge in [-0.3, -0.25) is 9.59 Å². The third-order valence-electron chi connectivity index (χ3n) is 4.44. The van der Waals surface area contributed by atoms with Crippen LogP contribution >= 0.6 is 11.8 Å². The second-order valence-corrected chi connectivity index (χ2v) is 8.17. The van der Waals surface area contributed by atoms with Gasteiger partial charge in [0.25, 0.3) is 0 Å². The molecule has 2 amide bonds. The molecular formula is C22H25FN4O2S. The summed E-state index contributed by atoms with van der Waals surface area (Å²) in [4.78, 5) is 26.2. The molecule has 8 heteroatoms. The highest BCUT2D eigenvalue weighted by atomic mass is 32.2. The molecule has 0 radical (unpaired) electrons. The van der Waals surface area contributed by atoms with Crippen molar-refractivity contribution in [3.05, 3.63) is 60.5 Å². The van der Waals surface area contributed by atoms with Gasteiger partial charge in [0.05, 0.1) is 11.5 Å². The number of rotatable bonds is 9. The third kappa shape index (κ3) is 6.33. The summed E-state index contributed by atoms with van der Waals surface area (Å²) >= 11 is 1.22. The first-order chi connectivity index (χ1) is 14.4. The molecule has 0 saturated heterocycles. The number of carbonyl (C=O) groups is 2. The van der Waals surface area contributed by atoms with Crippen molar-refractivity contribution in [3.8, 4) is 0 Å². The minimum absolute atomic E-state index is 0.137. The fraction of sp³-hybridized carbons (Fsp3) is 0.273. The van der Waals surface area contributed by atoms with Gasteiger partial charge in [-0.25, -0.2) is 4.39 Å². The Morgan fingerprint density at radius 2 is 1.60 bits per heavy atom. The normalized spacial score (nSPS) is 11.1. The number of carbonyl (C=O) groups excluding carboxylic acids is 2. The molecule has 0 saturated carbocycles. The van der Waals surface area contributed by atoms with E-state index in [1.165, 1.54) is 36.0 Å². The molecule has 0 atom stereocenters. The summed E-state index contributed by atoms with van der Waals surface area (Å²) < 4.78 is 15.1. The number of nitrogens with zero attached hydrogens (tertiary/aromatic N) is 2. The number of nitrogens with one attached hydrogen (secondary N) is 2. The number of halogens is 1. The Balaban J connectivity index is 1.45. The highest BCUT2D eigenvalue weighted by Gasteiger charge is 2.08. The molecular weight excluding hydrogens is 403 g/mol. The number of likely N-dealkylation sites (N-methyl/N-ethyl adjacent to an activating group) is 1. The molecule has 3 rings (SSSR count). The number of aromatic nitrogens is 1. The van der Waals surface area contributed by atoms with Crippen LogP contribution in [0.5, 0.6) is 0 Å². The largest absolute Gasteiger partial charge is 0.346 e. The molecule has 1 aromatic heterocycles. The van der Waals surface area contributed by atoms with E-state index in [1.54, 1.807) is 0 Å². The van der Waals surface area contributed by atoms with Crippen molar-refractivity contribution in [1.29, 1.82) is 0 Å². The fourth-order valence-electron chi connectivity index (χ4n) is 2.94. The molecule has 1 heterocycles. The van der Waals surface area contributed by atoms with E-state index < -0.39 is 0 Å². The van der Waals surface area contributed by atoms with E-state index in [-0.39, 0.29) is 29.1 Å². The minimum atomic E-state index is -0.359. The predicted molar refractivity (Wildman–Crippen MR) is 121 cm³/mol. The zero-order valence-corrected chi connectivity index (χ0v) is 17.8. The smallest absolute Gasteiger partial charge is 0.234 e. The minimum Gasteiger partial charge on any atom is -0.346 e. The Labute approximate surface area is 179 Å². The maximum atomic E-state index is 12.9. The lowest BCUT2D eigenvalue weighted by Gasteiger charge is -2.11. The van der Waals surface area contributed by atoms with Gasteiger partial charge in [0.1, 0.15) is 5.82 Å². The Bertz CT molecular complexity index is 1020. The molecule has 3 aromatic rings. The van der Waals surface area contributed by atoms with Crippen LogP contribution < -0.4 is 10.6 Å². The van der Waals surface area contributed by atoms with Crippen molar-refractivity contribution in [3.63, 3.8) is 0 Å². The molecule has 158 valence electrons. The number of benzene rings is 2. The van der Waals surface area contributed by atoms with Crippen molar-refractivity contribution in [2.45, 2.75) is 6.54 Å². The Morgan fingerprint density at radius 1 is 0.967 bits per heavy atom. The molecule has 0 aliphatic carbocycles. The van der Waals surface area contributed by atoms with E-state index in [0.29, 0.717) is 5.69 Å². The number of hydrogen-bond acceptors (Lipinski definition) is 4. The van der Waals surface area contributed by atoms with Crippen LogP contribution in [0.3, 0.4) is 0 Å². The zero-order chi connectivity index (χ0) is 21.5. The lowest BCUT2D eigenvalue weighted by Crippen LogP contribution is -2.18. The summed E-state index contributed by atoms with van der Waals surface area (Å²) in [5, 5.41) is 6.61. The van der Waals surface area contributed by atoms with Crippen LogP contribution in [0.15, 0.2) is 54.7 Å². The topological polar surface area (TPSA) is 66.4 Å². The van der Waals surface area contributed by atoms with E-state index in [4.69, 9.17) is 0 Å². The van der Waals surface area contributed by atoms with Gasteiger partial charge in [-0.15, -0.1) is 11.8 Å². The Hall–Kier alpha value is -2.84. The van der Waals surface area contributed by atoms with Crippen LogP contribution in [-0.4, -0.2) is 53.4 Å². The lowest BCUT2D eigenvalue weighted by atomic mass is 10.2. The SMILES string of the molecule is CN(C)CCn1ccc2cc(NC(=O)CSCC(=O)Nc3ccc(F)cc3)ccc21. The number of anilines is 2. The summed E-state index contributed by atoms with van der Waals surface area (Å²) in [7, 11) is 4.09. The first-order valence-corrected chi connectivity index (χ1v) is 10.7. The molecule has 0 aliphatic heterocycles. The Kier molecular flexibility index (Phi) is 7.48. The number of hydrogen-bond donors (Lipinski definition) is 2. The van der Waals surface area contributed by atoms with E-state index in [9.17, 15) is 14.0 Å². The first-order valence-electron chi connectivity index (χ1n) is 9.57. The Morgan fingerprint density at radius 3 is 2.27 bits per heavy atom. The van der Waals surface area contributed by atoms with E-state index in [2.05, 4.69) is 26.3 Å². The monoisotopic (exact) mass is 428 g/mol. The molecule has 0 unspecified atom stereocenters. The second-order valence-electron chi connectivity index (χ2n) is 7.18. The maximum absolute atomic E-state index is 12.9. The second kappa shape index (κ2) is 10.3. The van der Waals surface area contributed by atoms with Crippen LogP contribution in [0.2, 0.25) is 0 Å². The summed E-state index contributed by atoms with van der Waals surface area (Å²) in [5.41, 5.74) is 2.38. The third-order valence-corrected chi connectivity index (χ3v) is 5.37. The van der Waals surface area contributed by atoms with Crippen LogP contribution in [-0.2, 0) is 16.1 Å². The average Bonchev–Trinajstić information content (AvgIpc) is 3.10. The van der Waals surface area contributed by atoms with Gasteiger partial charge >= 0.3 is 0 Å². The van der Waals surface area contributed by atoms with Gasteiger partial charge in [-0.2, -0.15) is 0 Å². The summed E-state index contributed by atoms with van der Waals surface area (Å²) in [5.74, 6) is -0.458. The van der Waals surface area contributed by atoms with Crippen LogP contribution in [0.25, 0.3) is 10.9 Å². The molecule has 0 aliphatic rings. The standard InChI is InChI=1S/C22H25FN4O2S/c1-26(2)11-12-27-10-9-16-13-19(7-8-20(16)27)25-22(29)15-30-14-21(28)24-18-5-3-17(23)4-6-18/h3-10,13H,11-12,14-15H2,1-2H3,(H,24,28)(H,25,29). The van der Waals surface area contributed by atoms with Crippen molar-refractivity contribution >= 4 is 45.9 Å². The summed E-state index contributed by atoms with van der Waals surface area (Å²) in [6.07, 6.45) is 2.05. The highest BCUT2D eigenvalue weighted by molar-refractivity contribution is 8.00. The number of amides is 2. The lowest BCUT2D eigenvalue weighted by molar-refractivity contribution is -0.114. The fourth-order valence-corrected chi connectivity index (χ4v) is 3.56. The molecule has 30 heavy (non-hydrogen) atoms. The van der Waals surface area contributed by atoms with E-state index in [1.807, 2.05) is 38.4 Å². The number of thioether (sulfide) groups is 1. The van der Waals surface area contributed by atoms with E-state index >= 15 is 0 Å². The average molecular weight is 429 g/mol. The van der Waals surface area contributed by atoms with Crippen LogP contribution in [0.1, 0.15) is 0 Å². The van der Waals surface area contributed by atoms with Gasteiger partial charge in [0, 0.05) is 41.6 Å². The predicted octanol–water partition coefficient (Wildman–Crippen LogP) is 3.65. The van der Waals surface area contributed by atoms with Gasteiger partial charge in [-0.05, 0) is 62.6 Å². The van der Waals surface area contributed by atoms with Gasteiger partial charge in [-0.1, -0.05) is 0 Å². The molecule has 2 aromatic carbocycles.